The lowest BCUT2D eigenvalue weighted by Gasteiger charge is -2.26. The second-order valence-electron chi connectivity index (χ2n) is 5.80. The highest BCUT2D eigenvalue weighted by atomic mass is 16.3. The average Bonchev–Trinajstić information content (AvgIpc) is 2.82. The molecule has 0 aliphatic carbocycles. The molecule has 19 heavy (non-hydrogen) atoms. The summed E-state index contributed by atoms with van der Waals surface area (Å²) in [6.45, 7) is 5.23. The van der Waals surface area contributed by atoms with Crippen LogP contribution >= 0.6 is 0 Å². The summed E-state index contributed by atoms with van der Waals surface area (Å²) in [5.74, 6) is 1.09. The molecule has 2 saturated heterocycles. The lowest BCUT2D eigenvalue weighted by molar-refractivity contribution is 0.241. The van der Waals surface area contributed by atoms with Crippen LogP contribution in [0.25, 0.3) is 0 Å². The van der Waals surface area contributed by atoms with Gasteiger partial charge in [0.1, 0.15) is 11.5 Å². The van der Waals surface area contributed by atoms with Crippen molar-refractivity contribution in [2.24, 2.45) is 5.92 Å². The number of rotatable bonds is 2. The predicted octanol–water partition coefficient (Wildman–Crippen LogP) is 1.84. The van der Waals surface area contributed by atoms with Crippen LogP contribution in [0.3, 0.4) is 0 Å². The Morgan fingerprint density at radius 2 is 2.00 bits per heavy atom. The van der Waals surface area contributed by atoms with Gasteiger partial charge in [0.25, 0.3) is 0 Å². The molecule has 0 bridgehead atoms. The fourth-order valence-electron chi connectivity index (χ4n) is 3.55. The Hall–Kier alpha value is -1.26. The van der Waals surface area contributed by atoms with Gasteiger partial charge in [-0.15, -0.1) is 0 Å². The highest BCUT2D eigenvalue weighted by molar-refractivity contribution is 5.45. The van der Waals surface area contributed by atoms with Crippen molar-refractivity contribution >= 4 is 0 Å². The second-order valence-corrected chi connectivity index (χ2v) is 5.80. The monoisotopic (exact) mass is 262 g/mol. The van der Waals surface area contributed by atoms with Crippen molar-refractivity contribution < 1.29 is 10.2 Å². The summed E-state index contributed by atoms with van der Waals surface area (Å²) in [7, 11) is 0. The topological polar surface area (TPSA) is 55.7 Å². The van der Waals surface area contributed by atoms with Crippen molar-refractivity contribution in [3.63, 3.8) is 0 Å². The minimum absolute atomic E-state index is 0.0496. The maximum atomic E-state index is 9.98. The van der Waals surface area contributed by atoms with Gasteiger partial charge in [-0.05, 0) is 44.4 Å². The SMILES string of the molecule is CC(c1c(O)cccc1O)N1CC2CCCNC2C1. The van der Waals surface area contributed by atoms with Gasteiger partial charge in [0.05, 0.1) is 5.56 Å². The average molecular weight is 262 g/mol. The molecule has 0 radical (unpaired) electrons. The van der Waals surface area contributed by atoms with Crippen molar-refractivity contribution in [3.8, 4) is 11.5 Å². The van der Waals surface area contributed by atoms with E-state index in [9.17, 15) is 10.2 Å². The smallest absolute Gasteiger partial charge is 0.124 e. The van der Waals surface area contributed by atoms with Crippen molar-refractivity contribution in [3.05, 3.63) is 23.8 Å². The third-order valence-electron chi connectivity index (χ3n) is 4.65. The van der Waals surface area contributed by atoms with Gasteiger partial charge in [-0.25, -0.2) is 0 Å². The zero-order valence-corrected chi connectivity index (χ0v) is 11.3. The molecule has 1 aromatic rings. The maximum Gasteiger partial charge on any atom is 0.124 e. The molecule has 4 nitrogen and oxygen atoms in total. The Labute approximate surface area is 114 Å². The molecule has 1 aromatic carbocycles. The Morgan fingerprint density at radius 3 is 2.68 bits per heavy atom. The number of fused-ring (bicyclic) bond motifs is 1. The van der Waals surface area contributed by atoms with Crippen molar-refractivity contribution in [2.75, 3.05) is 19.6 Å². The number of piperidine rings is 1. The minimum atomic E-state index is 0.0496. The van der Waals surface area contributed by atoms with Gasteiger partial charge in [0.2, 0.25) is 0 Å². The van der Waals surface area contributed by atoms with Gasteiger partial charge in [0, 0.05) is 25.2 Å². The number of benzene rings is 1. The molecule has 104 valence electrons. The van der Waals surface area contributed by atoms with Gasteiger partial charge < -0.3 is 15.5 Å². The van der Waals surface area contributed by atoms with E-state index in [1.54, 1.807) is 18.2 Å². The number of nitrogens with zero attached hydrogens (tertiary/aromatic N) is 1. The lowest BCUT2D eigenvalue weighted by atomic mass is 9.94. The Kier molecular flexibility index (Phi) is 3.37. The molecule has 2 aliphatic rings. The highest BCUT2D eigenvalue weighted by Gasteiger charge is 2.37. The number of phenolic OH excluding ortho intramolecular Hbond substituents is 2. The zero-order valence-electron chi connectivity index (χ0n) is 11.3. The van der Waals surface area contributed by atoms with E-state index in [-0.39, 0.29) is 17.5 Å². The van der Waals surface area contributed by atoms with E-state index in [1.165, 1.54) is 12.8 Å². The Morgan fingerprint density at radius 1 is 1.26 bits per heavy atom. The van der Waals surface area contributed by atoms with E-state index < -0.39 is 0 Å². The molecule has 0 spiro atoms. The summed E-state index contributed by atoms with van der Waals surface area (Å²) >= 11 is 0. The van der Waals surface area contributed by atoms with Crippen molar-refractivity contribution in [1.82, 2.24) is 10.2 Å². The molecular formula is C15H22N2O2. The van der Waals surface area contributed by atoms with Crippen LogP contribution in [0.1, 0.15) is 31.4 Å². The van der Waals surface area contributed by atoms with Gasteiger partial charge in [0.15, 0.2) is 0 Å². The first kappa shape index (κ1) is 12.8. The van der Waals surface area contributed by atoms with Crippen molar-refractivity contribution in [2.45, 2.75) is 31.8 Å². The molecule has 3 N–H and O–H groups in total. The van der Waals surface area contributed by atoms with Crippen molar-refractivity contribution in [1.29, 1.82) is 0 Å². The van der Waals surface area contributed by atoms with Crippen LogP contribution in [0.5, 0.6) is 11.5 Å². The summed E-state index contributed by atoms with van der Waals surface area (Å²) in [5, 5.41) is 23.5. The standard InChI is InChI=1S/C15H22N2O2/c1-10(15-13(18)5-2-6-14(15)19)17-8-11-4-3-7-16-12(11)9-17/h2,5-6,10-12,16,18-19H,3-4,7-9H2,1H3. The second kappa shape index (κ2) is 5.02. The number of nitrogens with one attached hydrogen (secondary N) is 1. The summed E-state index contributed by atoms with van der Waals surface area (Å²) in [6, 6.07) is 5.59. The van der Waals surface area contributed by atoms with E-state index in [4.69, 9.17) is 0 Å². The van der Waals surface area contributed by atoms with Gasteiger partial charge >= 0.3 is 0 Å². The van der Waals surface area contributed by atoms with E-state index in [2.05, 4.69) is 17.1 Å². The summed E-state index contributed by atoms with van der Waals surface area (Å²) in [5.41, 5.74) is 0.654. The van der Waals surface area contributed by atoms with E-state index in [0.717, 1.165) is 19.6 Å². The molecule has 3 atom stereocenters. The number of likely N-dealkylation sites (tertiary alicyclic amines) is 1. The first-order valence-corrected chi connectivity index (χ1v) is 7.15. The summed E-state index contributed by atoms with van der Waals surface area (Å²) in [6.07, 6.45) is 2.54. The molecule has 0 amide bonds. The molecule has 2 aliphatic heterocycles. The molecule has 2 fully saturated rings. The third-order valence-corrected chi connectivity index (χ3v) is 4.65. The number of aromatic hydroxyl groups is 2. The maximum absolute atomic E-state index is 9.98. The molecule has 4 heteroatoms. The van der Waals surface area contributed by atoms with Crippen LogP contribution in [-0.2, 0) is 0 Å². The molecule has 0 aromatic heterocycles. The lowest BCUT2D eigenvalue weighted by Crippen LogP contribution is -2.40. The van der Waals surface area contributed by atoms with Crippen LogP contribution < -0.4 is 5.32 Å². The van der Waals surface area contributed by atoms with Crippen LogP contribution in [0.2, 0.25) is 0 Å². The fourth-order valence-corrected chi connectivity index (χ4v) is 3.55. The van der Waals surface area contributed by atoms with E-state index in [0.29, 0.717) is 17.5 Å². The highest BCUT2D eigenvalue weighted by Crippen LogP contribution is 2.38. The van der Waals surface area contributed by atoms with Crippen LogP contribution in [0.4, 0.5) is 0 Å². The Balaban J connectivity index is 1.79. The Bertz CT molecular complexity index is 429. The van der Waals surface area contributed by atoms with Gasteiger partial charge in [-0.1, -0.05) is 6.07 Å². The fraction of sp³-hybridized carbons (Fsp3) is 0.600. The third kappa shape index (κ3) is 2.30. The van der Waals surface area contributed by atoms with E-state index >= 15 is 0 Å². The normalized spacial score (nSPS) is 29.1. The molecule has 3 rings (SSSR count). The minimum Gasteiger partial charge on any atom is -0.507 e. The number of phenols is 2. The largest absolute Gasteiger partial charge is 0.507 e. The van der Waals surface area contributed by atoms with Crippen LogP contribution in [-0.4, -0.2) is 40.8 Å². The summed E-state index contributed by atoms with van der Waals surface area (Å²) in [4.78, 5) is 2.36. The first-order chi connectivity index (χ1) is 9.16. The molecular weight excluding hydrogens is 240 g/mol. The summed E-state index contributed by atoms with van der Waals surface area (Å²) < 4.78 is 0. The van der Waals surface area contributed by atoms with Gasteiger partial charge in [-0.2, -0.15) is 0 Å². The number of hydrogen-bond donors (Lipinski definition) is 3. The van der Waals surface area contributed by atoms with Crippen LogP contribution in [0, 0.1) is 5.92 Å². The quantitative estimate of drug-likeness (QED) is 0.761. The molecule has 0 saturated carbocycles. The van der Waals surface area contributed by atoms with Crippen LogP contribution in [0.15, 0.2) is 18.2 Å². The zero-order chi connectivity index (χ0) is 13.4. The molecule has 3 unspecified atom stereocenters. The predicted molar refractivity (Wildman–Crippen MR) is 74.3 cm³/mol. The van der Waals surface area contributed by atoms with Gasteiger partial charge in [-0.3, -0.25) is 4.90 Å². The molecule has 2 heterocycles. The number of hydrogen-bond acceptors (Lipinski definition) is 4. The van der Waals surface area contributed by atoms with E-state index in [1.807, 2.05) is 0 Å². The first-order valence-electron chi connectivity index (χ1n) is 7.15.